The molecule has 1 aromatic carbocycles. The van der Waals surface area contributed by atoms with Gasteiger partial charge in [0.05, 0.1) is 11.1 Å². The second-order valence-electron chi connectivity index (χ2n) is 4.91. The van der Waals surface area contributed by atoms with Crippen LogP contribution in [-0.2, 0) is 11.2 Å². The van der Waals surface area contributed by atoms with Gasteiger partial charge in [0.2, 0.25) is 0 Å². The number of hydrogen-bond acceptors (Lipinski definition) is 1. The topological polar surface area (TPSA) is 9.23 Å². The lowest BCUT2D eigenvalue weighted by atomic mass is 10.0. The second kappa shape index (κ2) is 6.70. The number of ether oxygens (including phenoxy) is 1. The molecule has 0 radical (unpaired) electrons. The molecule has 0 fully saturated rings. The van der Waals surface area contributed by atoms with E-state index in [1.54, 1.807) is 6.26 Å². The van der Waals surface area contributed by atoms with Crippen LogP contribution in [0.1, 0.15) is 32.8 Å². The van der Waals surface area contributed by atoms with Crippen LogP contribution in [0.25, 0.3) is 0 Å². The van der Waals surface area contributed by atoms with Crippen molar-refractivity contribution in [1.82, 2.24) is 0 Å². The highest BCUT2D eigenvalue weighted by atomic mass is 35.5. The van der Waals surface area contributed by atoms with E-state index >= 15 is 0 Å². The Morgan fingerprint density at radius 1 is 1.29 bits per heavy atom. The zero-order valence-corrected chi connectivity index (χ0v) is 11.6. The third-order valence-corrected chi connectivity index (χ3v) is 2.78. The first-order valence-electron chi connectivity index (χ1n) is 5.97. The monoisotopic (exact) mass is 252 g/mol. The lowest BCUT2D eigenvalue weighted by Gasteiger charge is -2.21. The number of aryl methyl sites for hydroxylation is 1. The molecule has 0 saturated carbocycles. The molecule has 0 aromatic heterocycles. The van der Waals surface area contributed by atoms with Gasteiger partial charge in [-0.25, -0.2) is 0 Å². The molecular weight excluding hydrogens is 232 g/mol. The van der Waals surface area contributed by atoms with Crippen LogP contribution in [0.3, 0.4) is 0 Å². The van der Waals surface area contributed by atoms with Gasteiger partial charge in [0.15, 0.2) is 0 Å². The zero-order valence-electron chi connectivity index (χ0n) is 10.9. The Bertz CT molecular complexity index is 350. The van der Waals surface area contributed by atoms with Gasteiger partial charge < -0.3 is 4.74 Å². The SMILES string of the molecule is CC(C)=COCC(C)(Cl)CCc1ccccc1. The molecule has 1 rings (SSSR count). The Morgan fingerprint density at radius 2 is 1.94 bits per heavy atom. The highest BCUT2D eigenvalue weighted by Gasteiger charge is 2.21. The Kier molecular flexibility index (Phi) is 5.57. The number of hydrogen-bond donors (Lipinski definition) is 0. The van der Waals surface area contributed by atoms with Gasteiger partial charge in [-0.05, 0) is 44.7 Å². The molecule has 0 amide bonds. The van der Waals surface area contributed by atoms with Gasteiger partial charge in [-0.15, -0.1) is 11.6 Å². The first kappa shape index (κ1) is 14.1. The molecule has 1 unspecified atom stereocenters. The third-order valence-electron chi connectivity index (χ3n) is 2.48. The van der Waals surface area contributed by atoms with Crippen molar-refractivity contribution in [3.05, 3.63) is 47.7 Å². The van der Waals surface area contributed by atoms with Gasteiger partial charge in [-0.2, -0.15) is 0 Å². The molecular formula is C15H21ClO. The number of halogens is 1. The molecule has 0 heterocycles. The van der Waals surface area contributed by atoms with E-state index in [4.69, 9.17) is 16.3 Å². The van der Waals surface area contributed by atoms with Crippen LogP contribution in [0.4, 0.5) is 0 Å². The van der Waals surface area contributed by atoms with Crippen molar-refractivity contribution >= 4 is 11.6 Å². The zero-order chi connectivity index (χ0) is 12.7. The van der Waals surface area contributed by atoms with Crippen molar-refractivity contribution in [2.75, 3.05) is 6.61 Å². The predicted octanol–water partition coefficient (Wildman–Crippen LogP) is 4.56. The maximum absolute atomic E-state index is 6.42. The minimum Gasteiger partial charge on any atom is -0.499 e. The van der Waals surface area contributed by atoms with E-state index in [2.05, 4.69) is 24.3 Å². The highest BCUT2D eigenvalue weighted by molar-refractivity contribution is 6.23. The average molecular weight is 253 g/mol. The van der Waals surface area contributed by atoms with E-state index < -0.39 is 0 Å². The second-order valence-corrected chi connectivity index (χ2v) is 5.82. The van der Waals surface area contributed by atoms with Crippen LogP contribution in [0.5, 0.6) is 0 Å². The Labute approximate surface area is 109 Å². The summed E-state index contributed by atoms with van der Waals surface area (Å²) in [7, 11) is 0. The number of allylic oxidation sites excluding steroid dienone is 1. The Hall–Kier alpha value is -0.950. The van der Waals surface area contributed by atoms with E-state index in [0.29, 0.717) is 6.61 Å². The molecule has 0 aliphatic heterocycles. The summed E-state index contributed by atoms with van der Waals surface area (Å²) in [6.45, 7) is 6.59. The molecule has 0 spiro atoms. The lowest BCUT2D eigenvalue weighted by molar-refractivity contribution is 0.208. The molecule has 1 nitrogen and oxygen atoms in total. The maximum Gasteiger partial charge on any atom is 0.106 e. The Morgan fingerprint density at radius 3 is 2.53 bits per heavy atom. The molecule has 94 valence electrons. The minimum absolute atomic E-state index is 0.304. The summed E-state index contributed by atoms with van der Waals surface area (Å²) in [5, 5.41) is 0. The van der Waals surface area contributed by atoms with E-state index in [9.17, 15) is 0 Å². The average Bonchev–Trinajstić information content (AvgIpc) is 2.27. The van der Waals surface area contributed by atoms with Crippen molar-refractivity contribution in [2.24, 2.45) is 0 Å². The van der Waals surface area contributed by atoms with Gasteiger partial charge in [-0.1, -0.05) is 30.3 Å². The molecule has 0 aliphatic rings. The van der Waals surface area contributed by atoms with Crippen molar-refractivity contribution in [3.63, 3.8) is 0 Å². The normalized spacial score (nSPS) is 13.9. The van der Waals surface area contributed by atoms with Crippen LogP contribution in [0, 0.1) is 0 Å². The van der Waals surface area contributed by atoms with E-state index in [1.807, 2.05) is 26.8 Å². The van der Waals surface area contributed by atoms with Crippen LogP contribution in [-0.4, -0.2) is 11.5 Å². The first-order valence-corrected chi connectivity index (χ1v) is 6.35. The van der Waals surface area contributed by atoms with Crippen LogP contribution < -0.4 is 0 Å². The summed E-state index contributed by atoms with van der Waals surface area (Å²) >= 11 is 6.42. The predicted molar refractivity (Wildman–Crippen MR) is 74.4 cm³/mol. The molecule has 1 aromatic rings. The van der Waals surface area contributed by atoms with E-state index in [0.717, 1.165) is 18.4 Å². The van der Waals surface area contributed by atoms with Crippen molar-refractivity contribution in [2.45, 2.75) is 38.5 Å². The minimum atomic E-state index is -0.304. The Balaban J connectivity index is 2.36. The van der Waals surface area contributed by atoms with Crippen LogP contribution >= 0.6 is 11.6 Å². The van der Waals surface area contributed by atoms with E-state index in [-0.39, 0.29) is 4.87 Å². The molecule has 17 heavy (non-hydrogen) atoms. The summed E-state index contributed by atoms with van der Waals surface area (Å²) in [5.74, 6) is 0. The third kappa shape index (κ3) is 6.38. The first-order chi connectivity index (χ1) is 7.99. The molecule has 0 N–H and O–H groups in total. The smallest absolute Gasteiger partial charge is 0.106 e. The maximum atomic E-state index is 6.42. The lowest BCUT2D eigenvalue weighted by Crippen LogP contribution is -2.23. The van der Waals surface area contributed by atoms with Gasteiger partial charge >= 0.3 is 0 Å². The number of benzene rings is 1. The summed E-state index contributed by atoms with van der Waals surface area (Å²) in [4.78, 5) is -0.304. The molecule has 0 saturated heterocycles. The largest absolute Gasteiger partial charge is 0.499 e. The number of rotatable bonds is 6. The fourth-order valence-corrected chi connectivity index (χ4v) is 1.66. The van der Waals surface area contributed by atoms with Crippen LogP contribution in [0.2, 0.25) is 0 Å². The van der Waals surface area contributed by atoms with Crippen molar-refractivity contribution in [3.8, 4) is 0 Å². The summed E-state index contributed by atoms with van der Waals surface area (Å²) in [6, 6.07) is 10.4. The summed E-state index contributed by atoms with van der Waals surface area (Å²) < 4.78 is 5.45. The molecule has 2 heteroatoms. The van der Waals surface area contributed by atoms with Gasteiger partial charge in [-0.3, -0.25) is 0 Å². The highest BCUT2D eigenvalue weighted by Crippen LogP contribution is 2.22. The van der Waals surface area contributed by atoms with Gasteiger partial charge in [0.1, 0.15) is 6.61 Å². The van der Waals surface area contributed by atoms with Gasteiger partial charge in [0.25, 0.3) is 0 Å². The molecule has 0 aliphatic carbocycles. The standard InChI is InChI=1S/C15H21ClO/c1-13(2)11-17-12-15(3,16)10-9-14-7-5-4-6-8-14/h4-8,11H,9-10,12H2,1-3H3. The van der Waals surface area contributed by atoms with Gasteiger partial charge in [0, 0.05) is 0 Å². The van der Waals surface area contributed by atoms with Crippen molar-refractivity contribution < 1.29 is 4.74 Å². The van der Waals surface area contributed by atoms with Crippen molar-refractivity contribution in [1.29, 1.82) is 0 Å². The van der Waals surface area contributed by atoms with Crippen LogP contribution in [0.15, 0.2) is 42.2 Å². The summed E-state index contributed by atoms with van der Waals surface area (Å²) in [5.41, 5.74) is 2.47. The molecule has 1 atom stereocenters. The quantitative estimate of drug-likeness (QED) is 0.533. The summed E-state index contributed by atoms with van der Waals surface area (Å²) in [6.07, 6.45) is 3.66. The number of alkyl halides is 1. The fourth-order valence-electron chi connectivity index (χ4n) is 1.50. The fraction of sp³-hybridized carbons (Fsp3) is 0.467. The van der Waals surface area contributed by atoms with E-state index in [1.165, 1.54) is 5.56 Å². The molecule has 0 bridgehead atoms.